The number of likely N-dealkylation sites (N-methyl/N-ethyl adjacent to an activating group) is 1. The van der Waals surface area contributed by atoms with Gasteiger partial charge in [-0.1, -0.05) is 0 Å². The number of aromatic carboxylic acids is 1. The van der Waals surface area contributed by atoms with Gasteiger partial charge in [-0.15, -0.1) is 0 Å². The van der Waals surface area contributed by atoms with Gasteiger partial charge in [0, 0.05) is 20.7 Å². The largest absolute Gasteiger partial charge is 0.478 e. The monoisotopic (exact) mass is 273 g/mol. The summed E-state index contributed by atoms with van der Waals surface area (Å²) < 4.78 is 30.9. The van der Waals surface area contributed by atoms with Crippen molar-refractivity contribution in [3.8, 4) is 0 Å². The number of carbonyl (C=O) groups excluding carboxylic acids is 1. The topological polar surface area (TPSA) is 66.8 Å². The number of carboxylic acid groups (broad SMARTS) is 1. The second-order valence-corrected chi connectivity index (χ2v) is 3.84. The fraction of sp³-hybridized carbons (Fsp3) is 0.333. The molecule has 104 valence electrons. The molecule has 1 rings (SSSR count). The highest BCUT2D eigenvalue weighted by Crippen LogP contribution is 2.17. The molecule has 0 saturated heterocycles. The fourth-order valence-corrected chi connectivity index (χ4v) is 1.44. The van der Waals surface area contributed by atoms with Gasteiger partial charge in [0.15, 0.2) is 11.6 Å². The molecule has 0 spiro atoms. The molecular weight excluding hydrogens is 260 g/mol. The number of hydrogen-bond acceptors (Lipinski definition) is 3. The Morgan fingerprint density at radius 2 is 1.79 bits per heavy atom. The van der Waals surface area contributed by atoms with Crippen molar-refractivity contribution in [1.29, 1.82) is 0 Å². The van der Waals surface area contributed by atoms with Crippen molar-refractivity contribution in [3.05, 3.63) is 34.9 Å². The molecule has 1 aromatic rings. The van der Waals surface area contributed by atoms with Crippen LogP contribution in [0.3, 0.4) is 0 Å². The molecule has 0 aliphatic heterocycles. The van der Waals surface area contributed by atoms with E-state index in [1.807, 2.05) is 0 Å². The van der Waals surface area contributed by atoms with Gasteiger partial charge in [0.2, 0.25) is 0 Å². The molecule has 0 fully saturated rings. The van der Waals surface area contributed by atoms with Crippen LogP contribution in [0.25, 0.3) is 0 Å². The second kappa shape index (κ2) is 6.24. The Kier molecular flexibility index (Phi) is 4.94. The summed E-state index contributed by atoms with van der Waals surface area (Å²) in [5.74, 6) is -4.79. The lowest BCUT2D eigenvalue weighted by Gasteiger charge is -2.17. The molecule has 1 N–H and O–H groups in total. The highest BCUT2D eigenvalue weighted by Gasteiger charge is 2.22. The maximum Gasteiger partial charge on any atom is 0.336 e. The molecule has 0 aliphatic rings. The summed E-state index contributed by atoms with van der Waals surface area (Å²) in [4.78, 5) is 24.1. The predicted molar refractivity (Wildman–Crippen MR) is 62.2 cm³/mol. The lowest BCUT2D eigenvalue weighted by Crippen LogP contribution is -2.31. The molecule has 0 aromatic heterocycles. The summed E-state index contributed by atoms with van der Waals surface area (Å²) in [5, 5.41) is 8.90. The van der Waals surface area contributed by atoms with Gasteiger partial charge in [-0.3, -0.25) is 4.79 Å². The lowest BCUT2D eigenvalue weighted by atomic mass is 10.1. The van der Waals surface area contributed by atoms with Crippen LogP contribution in [0.5, 0.6) is 0 Å². The first-order chi connectivity index (χ1) is 8.88. The van der Waals surface area contributed by atoms with Crippen LogP contribution >= 0.6 is 0 Å². The Hall–Kier alpha value is -2.02. The molecule has 19 heavy (non-hydrogen) atoms. The highest BCUT2D eigenvalue weighted by atomic mass is 19.2. The van der Waals surface area contributed by atoms with Crippen LogP contribution in [-0.2, 0) is 4.74 Å². The highest BCUT2D eigenvalue weighted by molar-refractivity contribution is 6.04. The standard InChI is InChI=1S/C12H13F2NO4/c1-15(3-4-19-2)11(16)7-5-9(13)10(14)6-8(7)12(17)18/h5-6H,3-4H2,1-2H3,(H,17,18). The Bertz CT molecular complexity index is 505. The Balaban J connectivity index is 3.14. The number of carboxylic acids is 1. The van der Waals surface area contributed by atoms with Crippen LogP contribution in [0.1, 0.15) is 20.7 Å². The Labute approximate surface area is 108 Å². The van der Waals surface area contributed by atoms with E-state index in [1.165, 1.54) is 19.1 Å². The lowest BCUT2D eigenvalue weighted by molar-refractivity contribution is 0.0672. The van der Waals surface area contributed by atoms with Crippen molar-refractivity contribution in [1.82, 2.24) is 4.90 Å². The Morgan fingerprint density at radius 1 is 1.26 bits per heavy atom. The van der Waals surface area contributed by atoms with Crippen LogP contribution in [0.15, 0.2) is 12.1 Å². The van der Waals surface area contributed by atoms with Gasteiger partial charge in [-0.25, -0.2) is 13.6 Å². The molecule has 0 atom stereocenters. The number of carbonyl (C=O) groups is 2. The van der Waals surface area contributed by atoms with Gasteiger partial charge in [-0.2, -0.15) is 0 Å². The van der Waals surface area contributed by atoms with E-state index in [1.54, 1.807) is 0 Å². The average molecular weight is 273 g/mol. The number of halogens is 2. The van der Waals surface area contributed by atoms with E-state index in [9.17, 15) is 18.4 Å². The zero-order chi connectivity index (χ0) is 14.6. The van der Waals surface area contributed by atoms with E-state index < -0.39 is 34.6 Å². The molecule has 0 unspecified atom stereocenters. The summed E-state index contributed by atoms with van der Waals surface area (Å²) in [6.45, 7) is 0.446. The number of hydrogen-bond donors (Lipinski definition) is 1. The van der Waals surface area contributed by atoms with Crippen molar-refractivity contribution < 1.29 is 28.2 Å². The number of methoxy groups -OCH3 is 1. The van der Waals surface area contributed by atoms with E-state index in [0.717, 1.165) is 0 Å². The summed E-state index contributed by atoms with van der Waals surface area (Å²) >= 11 is 0. The summed E-state index contributed by atoms with van der Waals surface area (Å²) in [5.41, 5.74) is -0.974. The normalized spacial score (nSPS) is 10.3. The molecule has 1 aromatic carbocycles. The Morgan fingerprint density at radius 3 is 2.26 bits per heavy atom. The van der Waals surface area contributed by atoms with Crippen LogP contribution in [0, 0.1) is 11.6 Å². The minimum atomic E-state index is -1.50. The minimum absolute atomic E-state index is 0.202. The molecule has 0 heterocycles. The van der Waals surface area contributed by atoms with Gasteiger partial charge in [-0.05, 0) is 12.1 Å². The van der Waals surface area contributed by atoms with Gasteiger partial charge >= 0.3 is 5.97 Å². The quantitative estimate of drug-likeness (QED) is 0.880. The predicted octanol–water partition coefficient (Wildman–Crippen LogP) is 1.38. The third kappa shape index (κ3) is 3.47. The number of benzene rings is 1. The van der Waals surface area contributed by atoms with Crippen LogP contribution < -0.4 is 0 Å². The smallest absolute Gasteiger partial charge is 0.336 e. The van der Waals surface area contributed by atoms with Gasteiger partial charge < -0.3 is 14.7 Å². The molecule has 1 amide bonds. The second-order valence-electron chi connectivity index (χ2n) is 3.84. The molecular formula is C12H13F2NO4. The van der Waals surface area contributed by atoms with E-state index >= 15 is 0 Å². The van der Waals surface area contributed by atoms with Crippen LogP contribution in [0.4, 0.5) is 8.78 Å². The molecule has 0 aliphatic carbocycles. The van der Waals surface area contributed by atoms with Gasteiger partial charge in [0.05, 0.1) is 17.7 Å². The zero-order valence-electron chi connectivity index (χ0n) is 10.4. The average Bonchev–Trinajstić information content (AvgIpc) is 2.37. The summed E-state index contributed by atoms with van der Waals surface area (Å²) in [7, 11) is 2.85. The van der Waals surface area contributed by atoms with Gasteiger partial charge in [0.25, 0.3) is 5.91 Å². The van der Waals surface area contributed by atoms with E-state index in [-0.39, 0.29) is 13.2 Å². The molecule has 0 radical (unpaired) electrons. The fourth-order valence-electron chi connectivity index (χ4n) is 1.44. The molecule has 0 saturated carbocycles. The van der Waals surface area contributed by atoms with Crippen molar-refractivity contribution in [2.75, 3.05) is 27.3 Å². The van der Waals surface area contributed by atoms with Crippen molar-refractivity contribution in [3.63, 3.8) is 0 Å². The molecule has 5 nitrogen and oxygen atoms in total. The molecule has 0 bridgehead atoms. The van der Waals surface area contributed by atoms with E-state index in [2.05, 4.69) is 0 Å². The SMILES string of the molecule is COCCN(C)C(=O)c1cc(F)c(F)cc1C(=O)O. The zero-order valence-corrected chi connectivity index (χ0v) is 10.4. The summed E-state index contributed by atoms with van der Waals surface area (Å²) in [6, 6.07) is 1.08. The van der Waals surface area contributed by atoms with Crippen molar-refractivity contribution in [2.24, 2.45) is 0 Å². The number of ether oxygens (including phenoxy) is 1. The van der Waals surface area contributed by atoms with Crippen LogP contribution in [0.2, 0.25) is 0 Å². The third-order valence-corrected chi connectivity index (χ3v) is 2.50. The number of nitrogens with zero attached hydrogens (tertiary/aromatic N) is 1. The third-order valence-electron chi connectivity index (χ3n) is 2.50. The maximum atomic E-state index is 13.1. The summed E-state index contributed by atoms with van der Waals surface area (Å²) in [6.07, 6.45) is 0. The minimum Gasteiger partial charge on any atom is -0.478 e. The van der Waals surface area contributed by atoms with Crippen molar-refractivity contribution in [2.45, 2.75) is 0 Å². The molecule has 7 heteroatoms. The van der Waals surface area contributed by atoms with Crippen LogP contribution in [-0.4, -0.2) is 49.2 Å². The van der Waals surface area contributed by atoms with E-state index in [0.29, 0.717) is 12.1 Å². The van der Waals surface area contributed by atoms with Gasteiger partial charge in [0.1, 0.15) is 0 Å². The van der Waals surface area contributed by atoms with E-state index in [4.69, 9.17) is 9.84 Å². The first-order valence-electron chi connectivity index (χ1n) is 5.35. The number of amides is 1. The number of rotatable bonds is 5. The first kappa shape index (κ1) is 15.0. The first-order valence-corrected chi connectivity index (χ1v) is 5.35. The van der Waals surface area contributed by atoms with Crippen molar-refractivity contribution >= 4 is 11.9 Å². The maximum absolute atomic E-state index is 13.1.